The van der Waals surface area contributed by atoms with Gasteiger partial charge in [-0.2, -0.15) is 5.26 Å². The Hall–Kier alpha value is -3.77. The number of halogens is 1. The van der Waals surface area contributed by atoms with Crippen molar-refractivity contribution >= 4 is 33.2 Å². The summed E-state index contributed by atoms with van der Waals surface area (Å²) in [5.74, 6) is 0.164. The molecule has 0 unspecified atom stereocenters. The maximum absolute atomic E-state index is 12.5. The van der Waals surface area contributed by atoms with Crippen LogP contribution in [0.5, 0.6) is 11.6 Å². The SMILES string of the molecule is Cc1cc(Oc2ncccc2C#N)ccc1NC(=O)c1ccc(Br)c([N+](=O)[O-])c1. The summed E-state index contributed by atoms with van der Waals surface area (Å²) in [6, 6.07) is 14.4. The van der Waals surface area contributed by atoms with Crippen LogP contribution in [0.2, 0.25) is 0 Å². The van der Waals surface area contributed by atoms with Gasteiger partial charge in [-0.05, 0) is 70.9 Å². The van der Waals surface area contributed by atoms with Gasteiger partial charge in [0.1, 0.15) is 17.4 Å². The largest absolute Gasteiger partial charge is 0.438 e. The Morgan fingerprint density at radius 3 is 2.76 bits per heavy atom. The van der Waals surface area contributed by atoms with Crippen LogP contribution in [0, 0.1) is 28.4 Å². The fourth-order valence-corrected chi connectivity index (χ4v) is 2.89. The highest BCUT2D eigenvalue weighted by Crippen LogP contribution is 2.28. The molecule has 0 saturated carbocycles. The van der Waals surface area contributed by atoms with Crippen LogP contribution in [0.1, 0.15) is 21.5 Å². The number of anilines is 1. The number of carbonyl (C=O) groups excluding carboxylic acids is 1. The lowest BCUT2D eigenvalue weighted by atomic mass is 10.1. The molecule has 29 heavy (non-hydrogen) atoms. The summed E-state index contributed by atoms with van der Waals surface area (Å²) >= 11 is 3.09. The monoisotopic (exact) mass is 452 g/mol. The Balaban J connectivity index is 1.79. The molecule has 144 valence electrons. The molecule has 0 bridgehead atoms. The topological polar surface area (TPSA) is 118 Å². The number of nitriles is 1. The van der Waals surface area contributed by atoms with Gasteiger partial charge >= 0.3 is 0 Å². The lowest BCUT2D eigenvalue weighted by Crippen LogP contribution is -2.13. The number of nitrogens with zero attached hydrogens (tertiary/aromatic N) is 3. The molecule has 2 aromatic carbocycles. The summed E-state index contributed by atoms with van der Waals surface area (Å²) in [4.78, 5) is 27.0. The summed E-state index contributed by atoms with van der Waals surface area (Å²) in [5.41, 5.74) is 1.50. The van der Waals surface area contributed by atoms with Crippen molar-refractivity contribution in [3.63, 3.8) is 0 Å². The average Bonchev–Trinajstić information content (AvgIpc) is 2.70. The van der Waals surface area contributed by atoms with Gasteiger partial charge in [-0.25, -0.2) is 4.98 Å². The molecular formula is C20H13BrN4O4. The summed E-state index contributed by atoms with van der Waals surface area (Å²) < 4.78 is 5.95. The number of aryl methyl sites for hydroxylation is 1. The molecule has 0 spiro atoms. The predicted molar refractivity (Wildman–Crippen MR) is 109 cm³/mol. The van der Waals surface area contributed by atoms with Gasteiger partial charge in [0, 0.05) is 23.5 Å². The molecule has 3 aromatic rings. The lowest BCUT2D eigenvalue weighted by Gasteiger charge is -2.11. The predicted octanol–water partition coefficient (Wildman–Crippen LogP) is 4.98. The van der Waals surface area contributed by atoms with E-state index in [2.05, 4.69) is 26.2 Å². The summed E-state index contributed by atoms with van der Waals surface area (Å²) in [6.45, 7) is 1.77. The van der Waals surface area contributed by atoms with Crippen molar-refractivity contribution in [3.8, 4) is 17.7 Å². The maximum atomic E-state index is 12.5. The van der Waals surface area contributed by atoms with E-state index >= 15 is 0 Å². The van der Waals surface area contributed by atoms with Gasteiger partial charge in [-0.15, -0.1) is 0 Å². The van der Waals surface area contributed by atoms with E-state index in [1.807, 2.05) is 6.07 Å². The first-order valence-corrected chi connectivity index (χ1v) is 9.07. The second-order valence-electron chi connectivity index (χ2n) is 5.92. The van der Waals surface area contributed by atoms with Crippen molar-refractivity contribution in [2.45, 2.75) is 6.92 Å². The van der Waals surface area contributed by atoms with Crippen LogP contribution in [0.25, 0.3) is 0 Å². The van der Waals surface area contributed by atoms with E-state index in [0.717, 1.165) is 0 Å². The number of benzene rings is 2. The lowest BCUT2D eigenvalue weighted by molar-refractivity contribution is -0.385. The number of pyridine rings is 1. The molecule has 1 heterocycles. The highest BCUT2D eigenvalue weighted by molar-refractivity contribution is 9.10. The number of ether oxygens (including phenoxy) is 1. The van der Waals surface area contributed by atoms with E-state index in [4.69, 9.17) is 10.00 Å². The Morgan fingerprint density at radius 2 is 2.07 bits per heavy atom. The summed E-state index contributed by atoms with van der Waals surface area (Å²) in [7, 11) is 0. The molecule has 0 aliphatic carbocycles. The number of aromatic nitrogens is 1. The Morgan fingerprint density at radius 1 is 1.28 bits per heavy atom. The molecule has 0 radical (unpaired) electrons. The highest BCUT2D eigenvalue weighted by Gasteiger charge is 2.17. The van der Waals surface area contributed by atoms with Gasteiger partial charge in [0.2, 0.25) is 5.88 Å². The van der Waals surface area contributed by atoms with Crippen LogP contribution in [-0.2, 0) is 0 Å². The zero-order chi connectivity index (χ0) is 21.0. The van der Waals surface area contributed by atoms with E-state index in [-0.39, 0.29) is 17.1 Å². The minimum atomic E-state index is -0.564. The van der Waals surface area contributed by atoms with Crippen LogP contribution in [0.4, 0.5) is 11.4 Å². The van der Waals surface area contributed by atoms with Gasteiger partial charge in [-0.3, -0.25) is 14.9 Å². The highest BCUT2D eigenvalue weighted by atomic mass is 79.9. The molecule has 0 fully saturated rings. The van der Waals surface area contributed by atoms with Gasteiger partial charge < -0.3 is 10.1 Å². The Kier molecular flexibility index (Phi) is 5.85. The van der Waals surface area contributed by atoms with E-state index in [1.165, 1.54) is 24.4 Å². The van der Waals surface area contributed by atoms with Crippen molar-refractivity contribution in [2.75, 3.05) is 5.32 Å². The van der Waals surface area contributed by atoms with E-state index < -0.39 is 10.8 Å². The van der Waals surface area contributed by atoms with Crippen LogP contribution >= 0.6 is 15.9 Å². The van der Waals surface area contributed by atoms with Crippen LogP contribution in [-0.4, -0.2) is 15.8 Å². The molecular weight excluding hydrogens is 440 g/mol. The fourth-order valence-electron chi connectivity index (χ4n) is 2.50. The zero-order valence-corrected chi connectivity index (χ0v) is 16.6. The molecule has 0 saturated heterocycles. The molecule has 0 aliphatic rings. The van der Waals surface area contributed by atoms with Crippen molar-refractivity contribution < 1.29 is 14.5 Å². The number of hydrogen-bond donors (Lipinski definition) is 1. The standard InChI is InChI=1S/C20H13BrN4O4/c1-12-9-15(29-20-14(11-22)3-2-8-23-20)5-7-17(12)24-19(26)13-4-6-16(21)18(10-13)25(27)28/h2-10H,1H3,(H,24,26). The molecule has 9 heteroatoms. The molecule has 0 atom stereocenters. The van der Waals surface area contributed by atoms with E-state index in [9.17, 15) is 14.9 Å². The third kappa shape index (κ3) is 4.56. The van der Waals surface area contributed by atoms with Crippen molar-refractivity contribution in [2.24, 2.45) is 0 Å². The van der Waals surface area contributed by atoms with Crippen molar-refractivity contribution in [1.82, 2.24) is 4.98 Å². The Bertz CT molecular complexity index is 1160. The van der Waals surface area contributed by atoms with E-state index in [0.29, 0.717) is 27.0 Å². The second-order valence-corrected chi connectivity index (χ2v) is 6.78. The molecule has 3 rings (SSSR count). The van der Waals surface area contributed by atoms with Crippen molar-refractivity contribution in [1.29, 1.82) is 5.26 Å². The number of nitro groups is 1. The van der Waals surface area contributed by atoms with Gasteiger partial charge in [-0.1, -0.05) is 0 Å². The quantitative estimate of drug-likeness (QED) is 0.430. The molecule has 1 aromatic heterocycles. The van der Waals surface area contributed by atoms with Crippen LogP contribution in [0.3, 0.4) is 0 Å². The number of rotatable bonds is 5. The molecule has 0 aliphatic heterocycles. The fraction of sp³-hybridized carbons (Fsp3) is 0.0500. The summed E-state index contributed by atoms with van der Waals surface area (Å²) in [5, 5.41) is 22.9. The van der Waals surface area contributed by atoms with Gasteiger partial charge in [0.25, 0.3) is 11.6 Å². The number of hydrogen-bond acceptors (Lipinski definition) is 6. The minimum Gasteiger partial charge on any atom is -0.438 e. The first kappa shape index (κ1) is 20.0. The number of nitrogens with one attached hydrogen (secondary N) is 1. The number of amides is 1. The summed E-state index contributed by atoms with van der Waals surface area (Å²) in [6.07, 6.45) is 1.52. The Labute approximate surface area is 174 Å². The minimum absolute atomic E-state index is 0.159. The van der Waals surface area contributed by atoms with E-state index in [1.54, 1.807) is 37.3 Å². The number of carbonyl (C=O) groups is 1. The van der Waals surface area contributed by atoms with Crippen LogP contribution < -0.4 is 10.1 Å². The molecule has 8 nitrogen and oxygen atoms in total. The first-order valence-electron chi connectivity index (χ1n) is 8.28. The smallest absolute Gasteiger partial charge is 0.284 e. The van der Waals surface area contributed by atoms with Crippen LogP contribution in [0.15, 0.2) is 59.2 Å². The van der Waals surface area contributed by atoms with Gasteiger partial charge in [0.15, 0.2) is 0 Å². The molecule has 1 amide bonds. The average molecular weight is 453 g/mol. The first-order chi connectivity index (χ1) is 13.9. The normalized spacial score (nSPS) is 10.1. The third-order valence-corrected chi connectivity index (χ3v) is 4.63. The van der Waals surface area contributed by atoms with Gasteiger partial charge in [0.05, 0.1) is 9.40 Å². The van der Waals surface area contributed by atoms with Crippen molar-refractivity contribution in [3.05, 3.63) is 86.0 Å². The zero-order valence-electron chi connectivity index (χ0n) is 15.0. The third-order valence-electron chi connectivity index (χ3n) is 3.96. The second kappa shape index (κ2) is 8.50. The molecule has 1 N–H and O–H groups in total. The maximum Gasteiger partial charge on any atom is 0.284 e. The number of nitro benzene ring substituents is 1.